The van der Waals surface area contributed by atoms with Crippen molar-refractivity contribution in [2.24, 2.45) is 29.1 Å². The standard InChI is InChI=1S/C60H77Cl2F2N9O6S/c1-37(2)51(36-80(77,78)38(3)4)73-55(42-14-16-45(61)17-15-42)48(43-8-7-9-46(62)28-43)30-60(5,59(73)76)31-53(74)71-26-22-39(23-27-71)21-25-70(6)33-41-12-18-47(19-13-41)72-34-49(54(69-72)56(63)64)67-57(75)50-35-79-58(68-50)44-20-24-65-52(29-44)66-32-40-10-11-40/h7-9,14-17,20,24,28-29,34-35,37-41,47-48,51,55-56H,10-13,18-19,21-23,25-27,30-33,36H2,1-6H3,(H,65,66)(H,67,75)/t41-,47-,48-,51-,55-,60-/m1/s1. The number of likely N-dealkylation sites (tertiary alicyclic amines) is 2. The van der Waals surface area contributed by atoms with Crippen molar-refractivity contribution in [3.63, 3.8) is 0 Å². The van der Waals surface area contributed by atoms with E-state index in [-0.39, 0.29) is 59.1 Å². The molecule has 20 heteroatoms. The first-order valence-corrected chi connectivity index (χ1v) is 31.0. The molecule has 2 aromatic carbocycles. The Hall–Kier alpha value is -5.43. The van der Waals surface area contributed by atoms with Gasteiger partial charge in [0.2, 0.25) is 17.7 Å². The first kappa shape index (κ1) is 59.2. The number of sulfone groups is 1. The van der Waals surface area contributed by atoms with Crippen LogP contribution in [-0.4, -0.2) is 117 Å². The molecule has 2 saturated heterocycles. The lowest BCUT2D eigenvalue weighted by Crippen LogP contribution is -2.59. The van der Waals surface area contributed by atoms with Gasteiger partial charge in [0.1, 0.15) is 12.1 Å². The molecule has 0 unspecified atom stereocenters. The van der Waals surface area contributed by atoms with E-state index in [1.54, 1.807) is 53.9 Å². The van der Waals surface area contributed by atoms with Crippen LogP contribution < -0.4 is 10.6 Å². The first-order chi connectivity index (χ1) is 38.1. The molecule has 2 aliphatic carbocycles. The number of nitrogens with one attached hydrogen (secondary N) is 2. The molecule has 3 aromatic heterocycles. The van der Waals surface area contributed by atoms with E-state index in [4.69, 9.17) is 27.6 Å². The minimum atomic E-state index is -3.60. The largest absolute Gasteiger partial charge is 0.444 e. The van der Waals surface area contributed by atoms with Gasteiger partial charge >= 0.3 is 0 Å². The Morgan fingerprint density at radius 1 is 0.900 bits per heavy atom. The average molecular weight is 1160 g/mol. The molecule has 5 heterocycles. The van der Waals surface area contributed by atoms with Crippen molar-refractivity contribution < 1.29 is 36.0 Å². The van der Waals surface area contributed by atoms with Gasteiger partial charge in [-0.05, 0) is 163 Å². The number of piperidine rings is 2. The molecule has 4 fully saturated rings. The van der Waals surface area contributed by atoms with E-state index in [9.17, 15) is 26.8 Å². The third kappa shape index (κ3) is 14.2. The van der Waals surface area contributed by atoms with E-state index < -0.39 is 50.6 Å². The predicted molar refractivity (Wildman–Crippen MR) is 309 cm³/mol. The van der Waals surface area contributed by atoms with Gasteiger partial charge in [0.05, 0.1) is 34.2 Å². The third-order valence-corrected chi connectivity index (χ3v) is 20.0. The number of hydrogen-bond donors (Lipinski definition) is 2. The predicted octanol–water partition coefficient (Wildman–Crippen LogP) is 12.5. The fourth-order valence-electron chi connectivity index (χ4n) is 12.2. The Labute approximate surface area is 479 Å². The highest BCUT2D eigenvalue weighted by molar-refractivity contribution is 7.92. The summed E-state index contributed by atoms with van der Waals surface area (Å²) in [5, 5.41) is 10.6. The summed E-state index contributed by atoms with van der Waals surface area (Å²) >= 11 is 13.0. The molecule has 2 N–H and O–H groups in total. The lowest BCUT2D eigenvalue weighted by molar-refractivity contribution is -0.159. The Morgan fingerprint density at radius 3 is 2.27 bits per heavy atom. The van der Waals surface area contributed by atoms with Crippen LogP contribution in [0.4, 0.5) is 20.3 Å². The minimum Gasteiger partial charge on any atom is -0.444 e. The Bertz CT molecular complexity index is 3070. The van der Waals surface area contributed by atoms with Crippen LogP contribution in [-0.2, 0) is 19.4 Å². The normalized spacial score (nSPS) is 22.6. The van der Waals surface area contributed by atoms with Crippen molar-refractivity contribution in [1.82, 2.24) is 34.4 Å². The minimum absolute atomic E-state index is 0.00647. The Morgan fingerprint density at radius 2 is 1.61 bits per heavy atom. The molecule has 0 radical (unpaired) electrons. The molecule has 432 valence electrons. The smallest absolute Gasteiger partial charge is 0.284 e. The van der Waals surface area contributed by atoms with E-state index in [2.05, 4.69) is 37.6 Å². The maximum absolute atomic E-state index is 15.4. The number of amides is 3. The van der Waals surface area contributed by atoms with Crippen LogP contribution in [0.1, 0.15) is 157 Å². The zero-order chi connectivity index (χ0) is 57.0. The van der Waals surface area contributed by atoms with E-state index in [1.165, 1.54) is 25.3 Å². The molecule has 0 spiro atoms. The van der Waals surface area contributed by atoms with Crippen LogP contribution in [0.3, 0.4) is 0 Å². The highest BCUT2D eigenvalue weighted by Gasteiger charge is 2.54. The third-order valence-electron chi connectivity index (χ3n) is 17.3. The summed E-state index contributed by atoms with van der Waals surface area (Å²) in [5.41, 5.74) is 0.652. The number of carbonyl (C=O) groups excluding carboxylic acids is 3. The second-order valence-electron chi connectivity index (χ2n) is 24.0. The van der Waals surface area contributed by atoms with Gasteiger partial charge in [0, 0.05) is 72.6 Å². The summed E-state index contributed by atoms with van der Waals surface area (Å²) in [6.45, 7) is 13.0. The van der Waals surface area contributed by atoms with Crippen LogP contribution >= 0.6 is 23.2 Å². The van der Waals surface area contributed by atoms with Crippen LogP contribution in [0.15, 0.2) is 83.7 Å². The van der Waals surface area contributed by atoms with E-state index in [1.807, 2.05) is 62.1 Å². The fraction of sp³-hybridized carbons (Fsp3) is 0.567. The molecule has 2 saturated carbocycles. The van der Waals surface area contributed by atoms with Gasteiger partial charge in [-0.15, -0.1) is 0 Å². The Balaban J connectivity index is 0.770. The van der Waals surface area contributed by atoms with Crippen molar-refractivity contribution in [3.8, 4) is 11.5 Å². The molecule has 0 bridgehead atoms. The number of benzene rings is 2. The number of anilines is 2. The molecule has 2 aliphatic heterocycles. The average Bonchev–Trinajstić information content (AvgIpc) is 4.05. The number of halogens is 4. The number of hydrogen-bond acceptors (Lipinski definition) is 11. The summed E-state index contributed by atoms with van der Waals surface area (Å²) in [7, 11) is -1.46. The van der Waals surface area contributed by atoms with Gasteiger partial charge in [-0.1, -0.05) is 68.2 Å². The Kier molecular flexibility index (Phi) is 18.8. The van der Waals surface area contributed by atoms with Gasteiger partial charge in [0.25, 0.3) is 12.3 Å². The van der Waals surface area contributed by atoms with Crippen LogP contribution in [0.5, 0.6) is 0 Å². The number of oxazole rings is 1. The van der Waals surface area contributed by atoms with Gasteiger partial charge in [0.15, 0.2) is 21.2 Å². The molecule has 4 aliphatic rings. The molecule has 4 atom stereocenters. The van der Waals surface area contributed by atoms with Gasteiger partial charge in [-0.3, -0.25) is 19.1 Å². The maximum atomic E-state index is 15.4. The second-order valence-corrected chi connectivity index (χ2v) is 27.5. The molecule has 80 heavy (non-hydrogen) atoms. The number of pyridine rings is 1. The van der Waals surface area contributed by atoms with Crippen molar-refractivity contribution in [3.05, 3.63) is 112 Å². The van der Waals surface area contributed by atoms with Crippen LogP contribution in [0.25, 0.3) is 11.5 Å². The van der Waals surface area contributed by atoms with E-state index in [0.29, 0.717) is 58.7 Å². The van der Waals surface area contributed by atoms with E-state index >= 15 is 4.79 Å². The number of carbonyl (C=O) groups is 3. The summed E-state index contributed by atoms with van der Waals surface area (Å²) in [4.78, 5) is 58.0. The topological polar surface area (TPSA) is 176 Å². The van der Waals surface area contributed by atoms with Gasteiger partial charge in [-0.2, -0.15) is 5.10 Å². The molecular weight excluding hydrogens is 1080 g/mol. The van der Waals surface area contributed by atoms with Crippen LogP contribution in [0.2, 0.25) is 10.0 Å². The first-order valence-electron chi connectivity index (χ1n) is 28.5. The number of alkyl halides is 2. The summed E-state index contributed by atoms with van der Waals surface area (Å²) < 4.78 is 63.3. The SMILES string of the molecule is CC(C)[C@@H](CS(=O)(=O)C(C)C)N1C(=O)[C@@](C)(CC(=O)N2CCC(CCN(C)C[C@H]3CC[C@H](n4cc(NC(=O)c5coc(-c6ccnc(NCC7CC7)c6)n5)c(C(F)F)n4)CC3)CC2)C[C@H](c2cccc(Cl)c2)[C@H]1c1ccc(Cl)cc1. The number of rotatable bonds is 22. The summed E-state index contributed by atoms with van der Waals surface area (Å²) in [6.07, 6.45) is 10.3. The fourth-order valence-corrected chi connectivity index (χ4v) is 13.9. The monoisotopic (exact) mass is 1160 g/mol. The van der Waals surface area contributed by atoms with Crippen molar-refractivity contribution in [2.75, 3.05) is 56.2 Å². The lowest BCUT2D eigenvalue weighted by Gasteiger charge is -2.53. The van der Waals surface area contributed by atoms with Gasteiger partial charge in [-0.25, -0.2) is 27.2 Å². The molecule has 15 nitrogen and oxygen atoms in total. The van der Waals surface area contributed by atoms with Crippen LogP contribution in [0, 0.1) is 29.1 Å². The van der Waals surface area contributed by atoms with Crippen molar-refractivity contribution in [2.45, 2.75) is 141 Å². The van der Waals surface area contributed by atoms with E-state index in [0.717, 1.165) is 75.7 Å². The zero-order valence-corrected chi connectivity index (χ0v) is 49.1. The number of aromatic nitrogens is 4. The molecule has 3 amide bonds. The van der Waals surface area contributed by atoms with Crippen molar-refractivity contribution >= 4 is 62.3 Å². The maximum Gasteiger partial charge on any atom is 0.284 e. The summed E-state index contributed by atoms with van der Waals surface area (Å²) in [5.74, 6) is 0.698. The molecule has 9 rings (SSSR count). The quantitative estimate of drug-likeness (QED) is 0.0674. The van der Waals surface area contributed by atoms with Gasteiger partial charge < -0.3 is 29.8 Å². The van der Waals surface area contributed by atoms with Crippen molar-refractivity contribution in [1.29, 1.82) is 0 Å². The second kappa shape index (κ2) is 25.4. The number of nitrogens with zero attached hydrogens (tertiary/aromatic N) is 7. The zero-order valence-electron chi connectivity index (χ0n) is 46.8. The highest BCUT2D eigenvalue weighted by atomic mass is 35.5. The molecule has 5 aromatic rings. The summed E-state index contributed by atoms with van der Waals surface area (Å²) in [6, 6.07) is 17.2. The highest BCUT2D eigenvalue weighted by Crippen LogP contribution is 2.53. The lowest BCUT2D eigenvalue weighted by atomic mass is 9.66. The molecular formula is C60H77Cl2F2N9O6S.